The quantitative estimate of drug-likeness (QED) is 0.586. The lowest BCUT2D eigenvalue weighted by molar-refractivity contribution is 0.197. The SMILES string of the molecule is COc1ccc(N2CCN([C@H](c3ccc(C)cc3)c3nnnn3C3CCCC3)CC2)cc1. The Kier molecular flexibility index (Phi) is 6.08. The fraction of sp³-hybridized carbons (Fsp3) is 0.480. The largest absolute Gasteiger partial charge is 0.497 e. The van der Waals surface area contributed by atoms with Gasteiger partial charge in [-0.05, 0) is 60.0 Å². The van der Waals surface area contributed by atoms with E-state index in [1.807, 2.05) is 12.1 Å². The number of hydrogen-bond donors (Lipinski definition) is 0. The van der Waals surface area contributed by atoms with Crippen LogP contribution < -0.4 is 9.64 Å². The molecule has 2 fully saturated rings. The molecule has 0 unspecified atom stereocenters. The third-order valence-electron chi connectivity index (χ3n) is 6.94. The molecule has 1 atom stereocenters. The van der Waals surface area contributed by atoms with Crippen LogP contribution in [0.3, 0.4) is 0 Å². The molecule has 7 nitrogen and oxygen atoms in total. The van der Waals surface area contributed by atoms with Gasteiger partial charge in [-0.3, -0.25) is 4.90 Å². The average molecular weight is 433 g/mol. The number of anilines is 1. The fourth-order valence-electron chi connectivity index (χ4n) is 5.09. The first-order valence-corrected chi connectivity index (χ1v) is 11.7. The number of aryl methyl sites for hydroxylation is 1. The normalized spacial score (nSPS) is 18.8. The zero-order valence-electron chi connectivity index (χ0n) is 19.0. The first-order chi connectivity index (χ1) is 15.7. The topological polar surface area (TPSA) is 59.3 Å². The van der Waals surface area contributed by atoms with E-state index in [0.29, 0.717) is 6.04 Å². The van der Waals surface area contributed by atoms with Crippen LogP contribution in [0.5, 0.6) is 5.75 Å². The van der Waals surface area contributed by atoms with Crippen molar-refractivity contribution in [2.45, 2.75) is 44.7 Å². The van der Waals surface area contributed by atoms with Gasteiger partial charge in [-0.2, -0.15) is 0 Å². The van der Waals surface area contributed by atoms with Gasteiger partial charge in [-0.25, -0.2) is 4.68 Å². The first kappa shape index (κ1) is 20.9. The second kappa shape index (κ2) is 9.28. The van der Waals surface area contributed by atoms with E-state index in [2.05, 4.69) is 73.3 Å². The van der Waals surface area contributed by atoms with Crippen LogP contribution in [0.1, 0.15) is 54.7 Å². The summed E-state index contributed by atoms with van der Waals surface area (Å²) in [5.74, 6) is 1.88. The molecule has 1 aromatic heterocycles. The van der Waals surface area contributed by atoms with E-state index in [1.165, 1.54) is 42.5 Å². The van der Waals surface area contributed by atoms with Gasteiger partial charge in [0.1, 0.15) is 5.75 Å². The summed E-state index contributed by atoms with van der Waals surface area (Å²) in [5.41, 5.74) is 3.78. The maximum absolute atomic E-state index is 5.31. The van der Waals surface area contributed by atoms with Crippen LogP contribution in [-0.4, -0.2) is 58.4 Å². The highest BCUT2D eigenvalue weighted by Crippen LogP contribution is 2.35. The molecule has 0 N–H and O–H groups in total. The predicted octanol–water partition coefficient (Wildman–Crippen LogP) is 4.02. The van der Waals surface area contributed by atoms with E-state index in [9.17, 15) is 0 Å². The standard InChI is InChI=1S/C25H32N6O/c1-19-7-9-20(10-8-19)24(25-26-27-28-31(25)22-5-3-4-6-22)30-17-15-29(16-18-30)21-11-13-23(32-2)14-12-21/h7-14,22,24H,3-6,15-18H2,1-2H3/t24-/m1/s1. The van der Waals surface area contributed by atoms with Crippen molar-refractivity contribution in [1.29, 1.82) is 0 Å². The van der Waals surface area contributed by atoms with Gasteiger partial charge in [0.25, 0.3) is 0 Å². The molecule has 2 heterocycles. The third kappa shape index (κ3) is 4.21. The van der Waals surface area contributed by atoms with Gasteiger partial charge in [-0.15, -0.1) is 5.10 Å². The van der Waals surface area contributed by atoms with E-state index in [4.69, 9.17) is 4.74 Å². The van der Waals surface area contributed by atoms with Crippen molar-refractivity contribution >= 4 is 5.69 Å². The Hall–Kier alpha value is -2.93. The second-order valence-corrected chi connectivity index (χ2v) is 8.95. The summed E-state index contributed by atoms with van der Waals surface area (Å²) in [4.78, 5) is 4.99. The van der Waals surface area contributed by atoms with Crippen molar-refractivity contribution in [1.82, 2.24) is 25.1 Å². The molecule has 1 saturated carbocycles. The summed E-state index contributed by atoms with van der Waals surface area (Å²) in [7, 11) is 1.71. The molecule has 0 radical (unpaired) electrons. The molecule has 168 valence electrons. The van der Waals surface area contributed by atoms with Crippen LogP contribution in [0.2, 0.25) is 0 Å². The van der Waals surface area contributed by atoms with Crippen LogP contribution in [-0.2, 0) is 0 Å². The molecule has 1 aliphatic carbocycles. The lowest BCUT2D eigenvalue weighted by atomic mass is 10.0. The Bertz CT molecular complexity index is 1000. The lowest BCUT2D eigenvalue weighted by Gasteiger charge is -2.40. The van der Waals surface area contributed by atoms with Gasteiger partial charge in [-0.1, -0.05) is 42.7 Å². The molecular weight excluding hydrogens is 400 g/mol. The zero-order chi connectivity index (χ0) is 21.9. The Morgan fingerprint density at radius 1 is 0.906 bits per heavy atom. The van der Waals surface area contributed by atoms with E-state index >= 15 is 0 Å². The first-order valence-electron chi connectivity index (χ1n) is 11.7. The van der Waals surface area contributed by atoms with Crippen molar-refractivity contribution < 1.29 is 4.74 Å². The summed E-state index contributed by atoms with van der Waals surface area (Å²) in [6.45, 7) is 6.00. The number of aromatic nitrogens is 4. The molecule has 5 rings (SSSR count). The van der Waals surface area contributed by atoms with Crippen molar-refractivity contribution in [3.05, 3.63) is 65.5 Å². The van der Waals surface area contributed by atoms with Crippen LogP contribution in [0, 0.1) is 6.92 Å². The van der Waals surface area contributed by atoms with Gasteiger partial charge in [0.15, 0.2) is 5.82 Å². The van der Waals surface area contributed by atoms with E-state index in [1.54, 1.807) is 7.11 Å². The van der Waals surface area contributed by atoms with Crippen LogP contribution >= 0.6 is 0 Å². The number of tetrazole rings is 1. The maximum Gasteiger partial charge on any atom is 0.173 e. The summed E-state index contributed by atoms with van der Waals surface area (Å²) >= 11 is 0. The monoisotopic (exact) mass is 432 g/mol. The van der Waals surface area contributed by atoms with Crippen molar-refractivity contribution in [3.63, 3.8) is 0 Å². The van der Waals surface area contributed by atoms with Gasteiger partial charge >= 0.3 is 0 Å². The number of hydrogen-bond acceptors (Lipinski definition) is 6. The minimum Gasteiger partial charge on any atom is -0.497 e. The maximum atomic E-state index is 5.31. The Morgan fingerprint density at radius 3 is 2.25 bits per heavy atom. The number of nitrogens with zero attached hydrogens (tertiary/aromatic N) is 6. The number of ether oxygens (including phenoxy) is 1. The Morgan fingerprint density at radius 2 is 1.59 bits per heavy atom. The van der Waals surface area contributed by atoms with Gasteiger partial charge in [0.05, 0.1) is 19.2 Å². The van der Waals surface area contributed by atoms with Crippen LogP contribution in [0.4, 0.5) is 5.69 Å². The predicted molar refractivity (Wildman–Crippen MR) is 125 cm³/mol. The van der Waals surface area contributed by atoms with E-state index in [-0.39, 0.29) is 6.04 Å². The average Bonchev–Trinajstić information content (AvgIpc) is 3.53. The van der Waals surface area contributed by atoms with Crippen molar-refractivity contribution in [2.75, 3.05) is 38.2 Å². The molecular formula is C25H32N6O. The van der Waals surface area contributed by atoms with E-state index < -0.39 is 0 Å². The van der Waals surface area contributed by atoms with Crippen molar-refractivity contribution in [3.8, 4) is 5.75 Å². The lowest BCUT2D eigenvalue weighted by Crippen LogP contribution is -2.48. The molecule has 2 aliphatic rings. The van der Waals surface area contributed by atoms with Crippen LogP contribution in [0.25, 0.3) is 0 Å². The zero-order valence-corrected chi connectivity index (χ0v) is 19.0. The number of benzene rings is 2. The molecule has 0 amide bonds. The highest BCUT2D eigenvalue weighted by molar-refractivity contribution is 5.49. The van der Waals surface area contributed by atoms with Gasteiger partial charge in [0.2, 0.25) is 0 Å². The summed E-state index contributed by atoms with van der Waals surface area (Å²) in [5, 5.41) is 13.1. The molecule has 1 aliphatic heterocycles. The Balaban J connectivity index is 1.39. The molecule has 32 heavy (non-hydrogen) atoms. The smallest absolute Gasteiger partial charge is 0.173 e. The third-order valence-corrected chi connectivity index (χ3v) is 6.94. The van der Waals surface area contributed by atoms with E-state index in [0.717, 1.165) is 37.8 Å². The number of rotatable bonds is 6. The summed E-state index contributed by atoms with van der Waals surface area (Å²) in [6, 6.07) is 17.7. The number of methoxy groups -OCH3 is 1. The molecule has 0 bridgehead atoms. The molecule has 2 aromatic carbocycles. The molecule has 3 aromatic rings. The second-order valence-electron chi connectivity index (χ2n) is 8.95. The minimum absolute atomic E-state index is 0.0733. The summed E-state index contributed by atoms with van der Waals surface area (Å²) < 4.78 is 7.43. The highest BCUT2D eigenvalue weighted by Gasteiger charge is 2.33. The highest BCUT2D eigenvalue weighted by atomic mass is 16.5. The fourth-order valence-corrected chi connectivity index (χ4v) is 5.09. The summed E-state index contributed by atoms with van der Waals surface area (Å²) in [6.07, 6.45) is 4.87. The van der Waals surface area contributed by atoms with Gasteiger partial charge in [0, 0.05) is 31.9 Å². The Labute approximate surface area is 190 Å². The number of piperazine rings is 1. The van der Waals surface area contributed by atoms with Crippen molar-refractivity contribution in [2.24, 2.45) is 0 Å². The van der Waals surface area contributed by atoms with Crippen LogP contribution in [0.15, 0.2) is 48.5 Å². The molecule has 1 saturated heterocycles. The molecule has 0 spiro atoms. The molecule has 7 heteroatoms. The minimum atomic E-state index is 0.0733. The van der Waals surface area contributed by atoms with Gasteiger partial charge < -0.3 is 9.64 Å².